The van der Waals surface area contributed by atoms with Gasteiger partial charge in [0, 0.05) is 11.4 Å². The Hall–Kier alpha value is -1.39. The van der Waals surface area contributed by atoms with E-state index in [1.165, 1.54) is 6.07 Å². The van der Waals surface area contributed by atoms with Crippen molar-refractivity contribution in [2.75, 3.05) is 6.54 Å². The first kappa shape index (κ1) is 14.0. The normalized spacial score (nSPS) is 15.1. The molecule has 0 fully saturated rings. The monoisotopic (exact) mass is 265 g/mol. The number of hydrogen-bond acceptors (Lipinski definition) is 3. The topological polar surface area (TPSA) is 45.4 Å². The summed E-state index contributed by atoms with van der Waals surface area (Å²) in [6.45, 7) is 6.45. The lowest BCUT2D eigenvalue weighted by Crippen LogP contribution is -2.30. The smallest absolute Gasteiger partial charge is 0.170 e. The molecule has 1 atom stereocenters. The van der Waals surface area contributed by atoms with E-state index in [2.05, 4.69) is 5.32 Å². The second-order valence-electron chi connectivity index (χ2n) is 5.40. The highest BCUT2D eigenvalue weighted by molar-refractivity contribution is 5.78. The van der Waals surface area contributed by atoms with Crippen LogP contribution in [0.5, 0.6) is 0 Å². The molecule has 2 N–H and O–H groups in total. The van der Waals surface area contributed by atoms with Crippen LogP contribution in [0.2, 0.25) is 0 Å². The van der Waals surface area contributed by atoms with Crippen LogP contribution in [0.1, 0.15) is 33.0 Å². The average Bonchev–Trinajstić information content (AvgIpc) is 2.74. The van der Waals surface area contributed by atoms with E-state index in [1.807, 2.05) is 13.8 Å². The van der Waals surface area contributed by atoms with E-state index in [1.54, 1.807) is 25.1 Å². The van der Waals surface area contributed by atoms with Crippen molar-refractivity contribution in [3.05, 3.63) is 35.8 Å². The van der Waals surface area contributed by atoms with Crippen molar-refractivity contribution in [2.45, 2.75) is 38.8 Å². The molecule has 4 heteroatoms. The van der Waals surface area contributed by atoms with E-state index in [0.717, 1.165) is 0 Å². The number of furan rings is 1. The van der Waals surface area contributed by atoms with E-state index < -0.39 is 11.4 Å². The van der Waals surface area contributed by atoms with Crippen molar-refractivity contribution in [2.24, 2.45) is 0 Å². The number of aliphatic hydroxyl groups is 1. The minimum atomic E-state index is -1.10. The Bertz CT molecular complexity index is 560. The molecule has 0 aliphatic heterocycles. The molecule has 0 spiro atoms. The molecule has 0 radical (unpaired) electrons. The summed E-state index contributed by atoms with van der Waals surface area (Å²) in [5.74, 6) is -0.00184. The van der Waals surface area contributed by atoms with Crippen molar-refractivity contribution >= 4 is 11.0 Å². The van der Waals surface area contributed by atoms with Gasteiger partial charge in [-0.15, -0.1) is 0 Å². The molecule has 1 aromatic heterocycles. The van der Waals surface area contributed by atoms with Gasteiger partial charge in [-0.3, -0.25) is 0 Å². The maximum Gasteiger partial charge on any atom is 0.170 e. The van der Waals surface area contributed by atoms with Crippen molar-refractivity contribution in [1.82, 2.24) is 5.32 Å². The van der Waals surface area contributed by atoms with Crippen LogP contribution in [0.25, 0.3) is 11.0 Å². The molecule has 1 unspecified atom stereocenters. The van der Waals surface area contributed by atoms with E-state index >= 15 is 0 Å². The fourth-order valence-corrected chi connectivity index (χ4v) is 2.02. The first-order valence-electron chi connectivity index (χ1n) is 6.54. The predicted molar refractivity (Wildman–Crippen MR) is 73.5 cm³/mol. The van der Waals surface area contributed by atoms with Crippen LogP contribution in [0.15, 0.2) is 28.7 Å². The predicted octanol–water partition coefficient (Wildman–Crippen LogP) is 3.17. The third-order valence-electron chi connectivity index (χ3n) is 3.19. The highest BCUT2D eigenvalue weighted by Gasteiger charge is 2.27. The molecule has 3 nitrogen and oxygen atoms in total. The van der Waals surface area contributed by atoms with Gasteiger partial charge in [0.1, 0.15) is 11.4 Å². The van der Waals surface area contributed by atoms with Gasteiger partial charge < -0.3 is 14.8 Å². The standard InChI is InChI=1S/C15H20FNO2/c1-10(2)17-8-7-15(3,18)13-9-11-5-4-6-12(16)14(11)19-13/h4-6,9-10,17-18H,7-8H2,1-3H3. The highest BCUT2D eigenvalue weighted by Crippen LogP contribution is 2.31. The Balaban J connectivity index is 2.20. The van der Waals surface area contributed by atoms with E-state index in [-0.39, 0.29) is 5.58 Å². The molecule has 1 heterocycles. The first-order chi connectivity index (χ1) is 8.90. The number of fused-ring (bicyclic) bond motifs is 1. The summed E-state index contributed by atoms with van der Waals surface area (Å²) in [6, 6.07) is 6.82. The maximum atomic E-state index is 13.6. The van der Waals surface area contributed by atoms with Crippen LogP contribution in [0.3, 0.4) is 0 Å². The average molecular weight is 265 g/mol. The van der Waals surface area contributed by atoms with Crippen LogP contribution >= 0.6 is 0 Å². The number of nitrogens with one attached hydrogen (secondary N) is 1. The largest absolute Gasteiger partial charge is 0.455 e. The van der Waals surface area contributed by atoms with Gasteiger partial charge in [0.25, 0.3) is 0 Å². The van der Waals surface area contributed by atoms with Gasteiger partial charge in [0.2, 0.25) is 0 Å². The maximum absolute atomic E-state index is 13.6. The zero-order chi connectivity index (χ0) is 14.0. The molecule has 1 aromatic carbocycles. The quantitative estimate of drug-likeness (QED) is 0.872. The van der Waals surface area contributed by atoms with Crippen molar-refractivity contribution in [1.29, 1.82) is 0 Å². The molecule has 0 saturated carbocycles. The summed E-state index contributed by atoms with van der Waals surface area (Å²) in [7, 11) is 0. The van der Waals surface area contributed by atoms with Gasteiger partial charge in [0.15, 0.2) is 11.4 Å². The van der Waals surface area contributed by atoms with Gasteiger partial charge >= 0.3 is 0 Å². The number of rotatable bonds is 5. The van der Waals surface area contributed by atoms with Crippen molar-refractivity contribution in [3.8, 4) is 0 Å². The van der Waals surface area contributed by atoms with Crippen molar-refractivity contribution in [3.63, 3.8) is 0 Å². The molecule has 0 amide bonds. The molecular weight excluding hydrogens is 245 g/mol. The van der Waals surface area contributed by atoms with Gasteiger partial charge in [-0.2, -0.15) is 0 Å². The Kier molecular flexibility index (Phi) is 3.92. The SMILES string of the molecule is CC(C)NCCC(C)(O)c1cc2cccc(F)c2o1. The van der Waals surface area contributed by atoms with Crippen LogP contribution in [0.4, 0.5) is 4.39 Å². The third-order valence-corrected chi connectivity index (χ3v) is 3.19. The molecule has 2 rings (SSSR count). The van der Waals surface area contributed by atoms with Gasteiger partial charge in [0.05, 0.1) is 0 Å². The molecule has 104 valence electrons. The number of hydrogen-bond donors (Lipinski definition) is 2. The second kappa shape index (κ2) is 5.31. The fraction of sp³-hybridized carbons (Fsp3) is 0.467. The Morgan fingerprint density at radius 3 is 2.79 bits per heavy atom. The minimum absolute atomic E-state index is 0.203. The lowest BCUT2D eigenvalue weighted by Gasteiger charge is -2.21. The summed E-state index contributed by atoms with van der Waals surface area (Å²) in [4.78, 5) is 0. The Morgan fingerprint density at radius 1 is 1.42 bits per heavy atom. The third kappa shape index (κ3) is 3.14. The van der Waals surface area contributed by atoms with Gasteiger partial charge in [-0.25, -0.2) is 4.39 Å². The zero-order valence-corrected chi connectivity index (χ0v) is 11.5. The van der Waals surface area contributed by atoms with Crippen LogP contribution < -0.4 is 5.32 Å². The summed E-state index contributed by atoms with van der Waals surface area (Å²) < 4.78 is 19.0. The number of para-hydroxylation sites is 1. The molecule has 19 heavy (non-hydrogen) atoms. The van der Waals surface area contributed by atoms with E-state index in [9.17, 15) is 9.50 Å². The minimum Gasteiger partial charge on any atom is -0.455 e. The lowest BCUT2D eigenvalue weighted by molar-refractivity contribution is 0.0266. The molecule has 0 aliphatic rings. The summed E-state index contributed by atoms with van der Waals surface area (Å²) in [5.41, 5.74) is -0.900. The second-order valence-corrected chi connectivity index (χ2v) is 5.40. The Morgan fingerprint density at radius 2 is 2.16 bits per heavy atom. The molecule has 0 saturated heterocycles. The summed E-state index contributed by atoms with van der Waals surface area (Å²) >= 11 is 0. The lowest BCUT2D eigenvalue weighted by atomic mass is 9.99. The molecule has 0 bridgehead atoms. The van der Waals surface area contributed by atoms with Crippen LogP contribution in [0, 0.1) is 5.82 Å². The van der Waals surface area contributed by atoms with E-state index in [0.29, 0.717) is 30.2 Å². The summed E-state index contributed by atoms with van der Waals surface area (Å²) in [5, 5.41) is 14.3. The fourth-order valence-electron chi connectivity index (χ4n) is 2.02. The van der Waals surface area contributed by atoms with Gasteiger partial charge in [-0.1, -0.05) is 26.0 Å². The molecule has 0 aliphatic carbocycles. The molecule has 2 aromatic rings. The van der Waals surface area contributed by atoms with Gasteiger partial charge in [-0.05, 0) is 32.0 Å². The Labute approximate surface area is 112 Å². The zero-order valence-electron chi connectivity index (χ0n) is 11.5. The first-order valence-corrected chi connectivity index (χ1v) is 6.54. The highest BCUT2D eigenvalue weighted by atomic mass is 19.1. The number of halogens is 1. The summed E-state index contributed by atoms with van der Waals surface area (Å²) in [6.07, 6.45) is 0.507. The van der Waals surface area contributed by atoms with Crippen LogP contribution in [-0.2, 0) is 5.60 Å². The van der Waals surface area contributed by atoms with Crippen LogP contribution in [-0.4, -0.2) is 17.7 Å². The van der Waals surface area contributed by atoms with Crippen molar-refractivity contribution < 1.29 is 13.9 Å². The van der Waals surface area contributed by atoms with E-state index in [4.69, 9.17) is 4.42 Å². The molecular formula is C15H20FNO2. The number of benzene rings is 1.